The van der Waals surface area contributed by atoms with E-state index in [0.29, 0.717) is 5.70 Å². The van der Waals surface area contributed by atoms with Gasteiger partial charge in [-0.3, -0.25) is 9.69 Å². The molecular formula is C16H16N2O3. The number of amidine groups is 1. The van der Waals surface area contributed by atoms with E-state index in [-0.39, 0.29) is 12.7 Å². The van der Waals surface area contributed by atoms with E-state index in [1.54, 1.807) is 0 Å². The summed E-state index contributed by atoms with van der Waals surface area (Å²) in [5, 5.41) is 0. The number of amides is 1. The molecule has 1 aromatic rings. The van der Waals surface area contributed by atoms with Crippen molar-refractivity contribution in [1.82, 2.24) is 4.90 Å². The predicted molar refractivity (Wildman–Crippen MR) is 78.2 cm³/mol. The van der Waals surface area contributed by atoms with Gasteiger partial charge in [-0.15, -0.1) is 0 Å². The summed E-state index contributed by atoms with van der Waals surface area (Å²) in [5.74, 6) is 2.40. The summed E-state index contributed by atoms with van der Waals surface area (Å²) in [4.78, 5) is 18.8. The highest BCUT2D eigenvalue weighted by atomic mass is 16.7. The highest BCUT2D eigenvalue weighted by Gasteiger charge is 2.30. The van der Waals surface area contributed by atoms with Gasteiger partial charge in [-0.1, -0.05) is 12.5 Å². The van der Waals surface area contributed by atoms with E-state index < -0.39 is 0 Å². The minimum Gasteiger partial charge on any atom is -0.454 e. The van der Waals surface area contributed by atoms with Gasteiger partial charge < -0.3 is 9.47 Å². The van der Waals surface area contributed by atoms with Crippen molar-refractivity contribution in [2.45, 2.75) is 25.7 Å². The molecule has 0 N–H and O–H groups in total. The van der Waals surface area contributed by atoms with E-state index in [4.69, 9.17) is 9.47 Å². The highest BCUT2D eigenvalue weighted by Crippen LogP contribution is 2.33. The minimum atomic E-state index is 0.0181. The lowest BCUT2D eigenvalue weighted by Crippen LogP contribution is -2.31. The standard InChI is InChI=1S/C16H16N2O3/c19-16-12(17-15-4-2-1-3-7-18(15)16)8-11-5-6-13-14(9-11)21-10-20-13/h5-6,8-9H,1-4,7,10H2/b12-8-. The van der Waals surface area contributed by atoms with Crippen LogP contribution in [0.5, 0.6) is 11.5 Å². The molecule has 108 valence electrons. The molecule has 0 aromatic heterocycles. The first-order valence-corrected chi connectivity index (χ1v) is 7.32. The van der Waals surface area contributed by atoms with Crippen molar-refractivity contribution in [2.24, 2.45) is 4.99 Å². The molecule has 5 nitrogen and oxygen atoms in total. The normalized spacial score (nSPS) is 22.3. The SMILES string of the molecule is O=C1/C(=C/c2ccc3c(c2)OCO3)N=C2CCCCCN12. The maximum absolute atomic E-state index is 12.4. The molecule has 3 aliphatic heterocycles. The Kier molecular flexibility index (Phi) is 2.91. The molecule has 5 heteroatoms. The molecule has 0 saturated carbocycles. The third kappa shape index (κ3) is 2.18. The molecular weight excluding hydrogens is 268 g/mol. The lowest BCUT2D eigenvalue weighted by Gasteiger charge is -2.14. The minimum absolute atomic E-state index is 0.0181. The van der Waals surface area contributed by atoms with Gasteiger partial charge >= 0.3 is 0 Å². The Bertz CT molecular complexity index is 663. The van der Waals surface area contributed by atoms with Crippen molar-refractivity contribution >= 4 is 17.8 Å². The second-order valence-electron chi connectivity index (χ2n) is 5.44. The van der Waals surface area contributed by atoms with Crippen molar-refractivity contribution in [3.05, 3.63) is 29.5 Å². The van der Waals surface area contributed by atoms with Crippen molar-refractivity contribution in [1.29, 1.82) is 0 Å². The first kappa shape index (κ1) is 12.4. The number of carbonyl (C=O) groups is 1. The molecule has 1 saturated heterocycles. The zero-order valence-electron chi connectivity index (χ0n) is 11.7. The number of rotatable bonds is 1. The fourth-order valence-electron chi connectivity index (χ4n) is 2.91. The molecule has 0 aliphatic carbocycles. The third-order valence-corrected chi connectivity index (χ3v) is 4.01. The van der Waals surface area contributed by atoms with Crippen LogP contribution in [0.25, 0.3) is 6.08 Å². The van der Waals surface area contributed by atoms with E-state index in [2.05, 4.69) is 4.99 Å². The van der Waals surface area contributed by atoms with Crippen LogP contribution in [0.15, 0.2) is 28.9 Å². The zero-order chi connectivity index (χ0) is 14.2. The van der Waals surface area contributed by atoms with Crippen LogP contribution >= 0.6 is 0 Å². The Balaban J connectivity index is 1.65. The van der Waals surface area contributed by atoms with Crippen LogP contribution in [0.3, 0.4) is 0 Å². The fourth-order valence-corrected chi connectivity index (χ4v) is 2.91. The molecule has 1 fully saturated rings. The van der Waals surface area contributed by atoms with Crippen LogP contribution in [0, 0.1) is 0 Å². The fraction of sp³-hybridized carbons (Fsp3) is 0.375. The van der Waals surface area contributed by atoms with Gasteiger partial charge in [0.1, 0.15) is 11.5 Å². The summed E-state index contributed by atoms with van der Waals surface area (Å²) in [6, 6.07) is 5.66. The Labute approximate surface area is 122 Å². The molecule has 1 amide bonds. The Morgan fingerprint density at radius 1 is 1.14 bits per heavy atom. The van der Waals surface area contributed by atoms with E-state index >= 15 is 0 Å². The largest absolute Gasteiger partial charge is 0.454 e. The van der Waals surface area contributed by atoms with Gasteiger partial charge in [0.25, 0.3) is 5.91 Å². The van der Waals surface area contributed by atoms with Crippen molar-refractivity contribution < 1.29 is 14.3 Å². The van der Waals surface area contributed by atoms with Crippen LogP contribution < -0.4 is 9.47 Å². The molecule has 0 radical (unpaired) electrons. The number of carbonyl (C=O) groups excluding carboxylic acids is 1. The van der Waals surface area contributed by atoms with E-state index in [1.807, 2.05) is 29.2 Å². The first-order valence-electron chi connectivity index (χ1n) is 7.32. The van der Waals surface area contributed by atoms with E-state index in [0.717, 1.165) is 48.7 Å². The zero-order valence-corrected chi connectivity index (χ0v) is 11.7. The van der Waals surface area contributed by atoms with E-state index in [9.17, 15) is 4.79 Å². The smallest absolute Gasteiger partial charge is 0.277 e. The maximum Gasteiger partial charge on any atom is 0.277 e. The number of aliphatic imine (C=N–C) groups is 1. The second kappa shape index (κ2) is 4.91. The number of benzene rings is 1. The summed E-state index contributed by atoms with van der Waals surface area (Å²) < 4.78 is 10.6. The third-order valence-electron chi connectivity index (χ3n) is 4.01. The van der Waals surface area contributed by atoms with Gasteiger partial charge in [-0.25, -0.2) is 4.99 Å². The molecule has 4 rings (SSSR count). The molecule has 1 aromatic carbocycles. The molecule has 3 heterocycles. The van der Waals surface area contributed by atoms with Gasteiger partial charge in [-0.2, -0.15) is 0 Å². The molecule has 0 spiro atoms. The molecule has 3 aliphatic rings. The number of fused-ring (bicyclic) bond motifs is 2. The quantitative estimate of drug-likeness (QED) is 0.745. The number of hydrogen-bond acceptors (Lipinski definition) is 4. The van der Waals surface area contributed by atoms with E-state index in [1.165, 1.54) is 6.42 Å². The van der Waals surface area contributed by atoms with Crippen LogP contribution in [0.1, 0.15) is 31.2 Å². The van der Waals surface area contributed by atoms with Gasteiger partial charge in [-0.05, 0) is 36.6 Å². The van der Waals surface area contributed by atoms with Crippen LogP contribution in [-0.4, -0.2) is 30.0 Å². The Morgan fingerprint density at radius 3 is 3.00 bits per heavy atom. The van der Waals surface area contributed by atoms with Gasteiger partial charge in [0.05, 0.1) is 0 Å². The number of ether oxygens (including phenoxy) is 2. The van der Waals surface area contributed by atoms with Gasteiger partial charge in [0.2, 0.25) is 6.79 Å². The molecule has 21 heavy (non-hydrogen) atoms. The first-order chi connectivity index (χ1) is 10.3. The topological polar surface area (TPSA) is 51.1 Å². The second-order valence-corrected chi connectivity index (χ2v) is 5.44. The predicted octanol–water partition coefficient (Wildman–Crippen LogP) is 2.57. The highest BCUT2D eigenvalue weighted by molar-refractivity contribution is 6.14. The van der Waals surface area contributed by atoms with Crippen molar-refractivity contribution in [2.75, 3.05) is 13.3 Å². The Morgan fingerprint density at radius 2 is 2.05 bits per heavy atom. The molecule has 0 unspecified atom stereocenters. The number of hydrogen-bond donors (Lipinski definition) is 0. The molecule has 0 atom stereocenters. The average Bonchev–Trinajstić information content (AvgIpc) is 2.97. The van der Waals surface area contributed by atoms with Crippen LogP contribution in [-0.2, 0) is 4.79 Å². The Hall–Kier alpha value is -2.30. The number of nitrogens with zero attached hydrogens (tertiary/aromatic N) is 2. The monoisotopic (exact) mass is 284 g/mol. The summed E-state index contributed by atoms with van der Waals surface area (Å²) in [5.41, 5.74) is 1.43. The van der Waals surface area contributed by atoms with Crippen LogP contribution in [0.4, 0.5) is 0 Å². The summed E-state index contributed by atoms with van der Waals surface area (Å²) in [6.07, 6.45) is 6.06. The molecule has 0 bridgehead atoms. The van der Waals surface area contributed by atoms with Crippen molar-refractivity contribution in [3.63, 3.8) is 0 Å². The van der Waals surface area contributed by atoms with Gasteiger partial charge in [0.15, 0.2) is 11.5 Å². The summed E-state index contributed by atoms with van der Waals surface area (Å²) in [7, 11) is 0. The average molecular weight is 284 g/mol. The van der Waals surface area contributed by atoms with Gasteiger partial charge in [0, 0.05) is 13.0 Å². The summed E-state index contributed by atoms with van der Waals surface area (Å²) in [6.45, 7) is 1.04. The van der Waals surface area contributed by atoms with Crippen molar-refractivity contribution in [3.8, 4) is 11.5 Å². The lowest BCUT2D eigenvalue weighted by atomic mass is 10.1. The van der Waals surface area contributed by atoms with Crippen LogP contribution in [0.2, 0.25) is 0 Å². The maximum atomic E-state index is 12.4. The summed E-state index contributed by atoms with van der Waals surface area (Å²) >= 11 is 0. The lowest BCUT2D eigenvalue weighted by molar-refractivity contribution is -0.122.